The second-order valence-corrected chi connectivity index (χ2v) is 6.95. The summed E-state index contributed by atoms with van der Waals surface area (Å²) in [5.41, 5.74) is 1.41. The molecule has 29 heavy (non-hydrogen) atoms. The highest BCUT2D eigenvalue weighted by Crippen LogP contribution is 2.30. The second-order valence-electron chi connectivity index (χ2n) is 6.11. The minimum atomic E-state index is -0.523. The molecule has 2 aromatic carbocycles. The van der Waals surface area contributed by atoms with Crippen molar-refractivity contribution < 1.29 is 23.5 Å². The molecular formula is C21H19FN2O4S. The molecule has 0 fully saturated rings. The van der Waals surface area contributed by atoms with Gasteiger partial charge in [0.25, 0.3) is 0 Å². The van der Waals surface area contributed by atoms with E-state index in [1.807, 2.05) is 0 Å². The maximum atomic E-state index is 14.1. The van der Waals surface area contributed by atoms with Gasteiger partial charge < -0.3 is 9.47 Å². The largest absolute Gasteiger partial charge is 0.497 e. The van der Waals surface area contributed by atoms with Crippen molar-refractivity contribution in [3.63, 3.8) is 0 Å². The fourth-order valence-electron chi connectivity index (χ4n) is 2.62. The Morgan fingerprint density at radius 1 is 1.14 bits per heavy atom. The number of carbonyl (C=O) groups is 2. The third-order valence-electron chi connectivity index (χ3n) is 4.03. The van der Waals surface area contributed by atoms with Crippen molar-refractivity contribution in [3.8, 4) is 5.75 Å². The van der Waals surface area contributed by atoms with Crippen molar-refractivity contribution in [2.75, 3.05) is 12.0 Å². The lowest BCUT2D eigenvalue weighted by atomic mass is 10.1. The van der Waals surface area contributed by atoms with Crippen LogP contribution in [-0.4, -0.2) is 24.0 Å². The number of amides is 1. The number of benzene rings is 2. The first-order chi connectivity index (χ1) is 14.0. The lowest BCUT2D eigenvalue weighted by Gasteiger charge is -2.18. The molecule has 8 heteroatoms. The third kappa shape index (κ3) is 5.17. The van der Waals surface area contributed by atoms with Crippen LogP contribution in [0.15, 0.2) is 53.9 Å². The highest BCUT2D eigenvalue weighted by molar-refractivity contribution is 7.14. The highest BCUT2D eigenvalue weighted by Gasteiger charge is 2.21. The number of aromatic nitrogens is 1. The van der Waals surface area contributed by atoms with Crippen LogP contribution in [0.5, 0.6) is 5.75 Å². The number of thiazole rings is 1. The molecule has 1 aromatic heterocycles. The summed E-state index contributed by atoms with van der Waals surface area (Å²) in [5.74, 6) is -0.581. The Hall–Kier alpha value is -3.26. The molecule has 6 nitrogen and oxygen atoms in total. The van der Waals surface area contributed by atoms with Crippen molar-refractivity contribution in [1.82, 2.24) is 4.98 Å². The van der Waals surface area contributed by atoms with Crippen LogP contribution in [0.4, 0.5) is 15.2 Å². The Bertz CT molecular complexity index is 1000. The van der Waals surface area contributed by atoms with Crippen LogP contribution in [-0.2, 0) is 27.4 Å². The maximum Gasteiger partial charge on any atom is 0.310 e. The van der Waals surface area contributed by atoms with E-state index in [2.05, 4.69) is 4.98 Å². The van der Waals surface area contributed by atoms with Gasteiger partial charge in [-0.05, 0) is 29.8 Å². The molecule has 1 amide bonds. The van der Waals surface area contributed by atoms with Gasteiger partial charge in [-0.25, -0.2) is 9.37 Å². The van der Waals surface area contributed by atoms with Gasteiger partial charge in [0, 0.05) is 12.3 Å². The molecule has 1 heterocycles. The average Bonchev–Trinajstić information content (AvgIpc) is 3.17. The summed E-state index contributed by atoms with van der Waals surface area (Å²) in [5, 5.41) is 1.98. The summed E-state index contributed by atoms with van der Waals surface area (Å²) in [6, 6.07) is 13.1. The summed E-state index contributed by atoms with van der Waals surface area (Å²) in [7, 11) is 1.57. The number of rotatable bonds is 7. The highest BCUT2D eigenvalue weighted by atomic mass is 32.1. The first-order valence-electron chi connectivity index (χ1n) is 8.76. The van der Waals surface area contributed by atoms with Crippen LogP contribution in [0.1, 0.15) is 18.2 Å². The molecule has 0 aliphatic carbocycles. The summed E-state index contributed by atoms with van der Waals surface area (Å²) < 4.78 is 24.5. The van der Waals surface area contributed by atoms with Gasteiger partial charge in [0.1, 0.15) is 18.2 Å². The van der Waals surface area contributed by atoms with Crippen molar-refractivity contribution in [1.29, 1.82) is 0 Å². The predicted molar refractivity (Wildman–Crippen MR) is 108 cm³/mol. The second kappa shape index (κ2) is 9.29. The van der Waals surface area contributed by atoms with Gasteiger partial charge in [-0.1, -0.05) is 24.3 Å². The zero-order valence-corrected chi connectivity index (χ0v) is 16.7. The molecule has 0 atom stereocenters. The van der Waals surface area contributed by atoms with E-state index in [9.17, 15) is 14.0 Å². The number of anilines is 2. The van der Waals surface area contributed by atoms with E-state index in [0.29, 0.717) is 16.6 Å². The fraction of sp³-hybridized carbons (Fsp3) is 0.190. The Balaban J connectivity index is 1.63. The number of carbonyl (C=O) groups excluding carboxylic acids is 2. The molecule has 150 valence electrons. The molecule has 0 aliphatic rings. The standard InChI is InChI=1S/C21H19FN2O4S/c1-14(25)24(19-6-4-3-5-18(19)22)21-23-16(13-29-21)12-28-20(26)11-15-7-9-17(27-2)10-8-15/h3-10,13H,11-12H2,1-2H3. The average molecular weight is 414 g/mol. The van der Waals surface area contributed by atoms with E-state index in [1.54, 1.807) is 48.9 Å². The molecular weight excluding hydrogens is 395 g/mol. The van der Waals surface area contributed by atoms with Gasteiger partial charge in [-0.2, -0.15) is 0 Å². The maximum absolute atomic E-state index is 14.1. The Kier molecular flexibility index (Phi) is 6.56. The van der Waals surface area contributed by atoms with Crippen LogP contribution >= 0.6 is 11.3 Å². The molecule has 0 saturated carbocycles. The Morgan fingerprint density at radius 3 is 2.52 bits per heavy atom. The third-order valence-corrected chi connectivity index (χ3v) is 4.90. The minimum Gasteiger partial charge on any atom is -0.497 e. The topological polar surface area (TPSA) is 68.7 Å². The quantitative estimate of drug-likeness (QED) is 0.541. The van der Waals surface area contributed by atoms with Crippen LogP contribution in [0.25, 0.3) is 0 Å². The van der Waals surface area contributed by atoms with Gasteiger partial charge in [0.05, 0.1) is 24.9 Å². The first kappa shape index (κ1) is 20.5. The molecule has 0 spiro atoms. The number of hydrogen-bond donors (Lipinski definition) is 0. The van der Waals surface area contributed by atoms with Gasteiger partial charge in [-0.15, -0.1) is 11.3 Å². The normalized spacial score (nSPS) is 10.4. The number of hydrogen-bond acceptors (Lipinski definition) is 6. The molecule has 3 rings (SSSR count). The molecule has 0 N–H and O–H groups in total. The number of esters is 1. The molecule has 0 aliphatic heterocycles. The lowest BCUT2D eigenvalue weighted by Crippen LogP contribution is -2.23. The van der Waals surface area contributed by atoms with E-state index in [0.717, 1.165) is 5.56 Å². The van der Waals surface area contributed by atoms with Gasteiger partial charge in [-0.3, -0.25) is 14.5 Å². The zero-order valence-electron chi connectivity index (χ0n) is 15.9. The van der Waals surface area contributed by atoms with E-state index in [4.69, 9.17) is 9.47 Å². The van der Waals surface area contributed by atoms with E-state index < -0.39 is 11.8 Å². The van der Waals surface area contributed by atoms with E-state index in [-0.39, 0.29) is 24.6 Å². The number of para-hydroxylation sites is 1. The molecule has 3 aromatic rings. The number of ether oxygens (including phenoxy) is 2. The number of methoxy groups -OCH3 is 1. The number of halogens is 1. The van der Waals surface area contributed by atoms with Crippen LogP contribution < -0.4 is 9.64 Å². The molecule has 0 unspecified atom stereocenters. The van der Waals surface area contributed by atoms with Crippen LogP contribution in [0.2, 0.25) is 0 Å². The van der Waals surface area contributed by atoms with Crippen LogP contribution in [0.3, 0.4) is 0 Å². The molecule has 0 radical (unpaired) electrons. The lowest BCUT2D eigenvalue weighted by molar-refractivity contribution is -0.144. The monoisotopic (exact) mass is 414 g/mol. The summed E-state index contributed by atoms with van der Waals surface area (Å²) >= 11 is 1.17. The molecule has 0 saturated heterocycles. The van der Waals surface area contributed by atoms with Crippen molar-refractivity contribution in [2.24, 2.45) is 0 Å². The Morgan fingerprint density at radius 2 is 1.86 bits per heavy atom. The summed E-state index contributed by atoms with van der Waals surface area (Å²) in [6.07, 6.45) is 0.121. The van der Waals surface area contributed by atoms with Gasteiger partial charge >= 0.3 is 5.97 Å². The summed E-state index contributed by atoms with van der Waals surface area (Å²) in [6.45, 7) is 1.30. The van der Waals surface area contributed by atoms with E-state index in [1.165, 1.54) is 35.3 Å². The smallest absolute Gasteiger partial charge is 0.310 e. The predicted octanol–water partition coefficient (Wildman–Crippen LogP) is 4.26. The van der Waals surface area contributed by atoms with E-state index >= 15 is 0 Å². The van der Waals surface area contributed by atoms with Crippen molar-refractivity contribution in [2.45, 2.75) is 20.0 Å². The van der Waals surface area contributed by atoms with Gasteiger partial charge in [0.2, 0.25) is 5.91 Å². The first-order valence-corrected chi connectivity index (χ1v) is 9.64. The SMILES string of the molecule is COc1ccc(CC(=O)OCc2csc(N(C(C)=O)c3ccccc3F)n2)cc1. The van der Waals surface area contributed by atoms with Gasteiger partial charge in [0.15, 0.2) is 5.13 Å². The fourth-order valence-corrected chi connectivity index (χ4v) is 3.49. The summed E-state index contributed by atoms with van der Waals surface area (Å²) in [4.78, 5) is 29.6. The molecule has 0 bridgehead atoms. The zero-order chi connectivity index (χ0) is 20.8. The Labute approximate surface area is 171 Å². The van der Waals surface area contributed by atoms with Crippen molar-refractivity contribution >= 4 is 34.0 Å². The van der Waals surface area contributed by atoms with Crippen molar-refractivity contribution in [3.05, 3.63) is 71.0 Å². The van der Waals surface area contributed by atoms with Crippen LogP contribution in [0, 0.1) is 5.82 Å². The minimum absolute atomic E-state index is 0.0332. The number of nitrogens with zero attached hydrogens (tertiary/aromatic N) is 2.